The maximum Gasteiger partial charge on any atom is 0.258 e. The Kier molecular flexibility index (Phi) is 5.13. The number of benzene rings is 2. The molecule has 0 fully saturated rings. The first-order chi connectivity index (χ1) is 11.1. The standard InChI is InChI=1S/C18H18ClNO2S/c1-12-10-13(6-7-15(12)19)22-11-18(21)20-16-8-9-23-17-5-3-2-4-14(16)17/h2-7,10,16H,8-9,11H2,1H3,(H,20,21)/t16-/m0/s1. The highest BCUT2D eigenvalue weighted by Crippen LogP contribution is 2.35. The molecule has 1 atom stereocenters. The van der Waals surface area contributed by atoms with E-state index in [9.17, 15) is 4.79 Å². The van der Waals surface area contributed by atoms with Crippen LogP contribution in [0, 0.1) is 6.92 Å². The van der Waals surface area contributed by atoms with Gasteiger partial charge in [-0.15, -0.1) is 11.8 Å². The number of fused-ring (bicyclic) bond motifs is 1. The molecule has 5 heteroatoms. The van der Waals surface area contributed by atoms with Gasteiger partial charge in [0, 0.05) is 15.7 Å². The molecule has 1 aliphatic rings. The van der Waals surface area contributed by atoms with Crippen LogP contribution in [0.2, 0.25) is 5.02 Å². The smallest absolute Gasteiger partial charge is 0.258 e. The Hall–Kier alpha value is -1.65. The van der Waals surface area contributed by atoms with Gasteiger partial charge in [0.2, 0.25) is 0 Å². The molecule has 0 radical (unpaired) electrons. The molecule has 120 valence electrons. The summed E-state index contributed by atoms with van der Waals surface area (Å²) in [5, 5.41) is 3.76. The van der Waals surface area contributed by atoms with E-state index in [0.29, 0.717) is 10.8 Å². The second-order valence-electron chi connectivity index (χ2n) is 5.49. The first-order valence-corrected chi connectivity index (χ1v) is 8.90. The summed E-state index contributed by atoms with van der Waals surface area (Å²) in [4.78, 5) is 13.4. The number of carbonyl (C=O) groups excluding carboxylic acids is 1. The predicted octanol–water partition coefficient (Wildman–Crippen LogP) is 4.38. The minimum absolute atomic E-state index is 0.00683. The summed E-state index contributed by atoms with van der Waals surface area (Å²) in [5.41, 5.74) is 2.13. The van der Waals surface area contributed by atoms with Gasteiger partial charge < -0.3 is 10.1 Å². The van der Waals surface area contributed by atoms with Crippen LogP contribution in [0.3, 0.4) is 0 Å². The lowest BCUT2D eigenvalue weighted by Crippen LogP contribution is -2.34. The molecule has 3 rings (SSSR count). The summed E-state index contributed by atoms with van der Waals surface area (Å²) in [5.74, 6) is 1.56. The Morgan fingerprint density at radius 2 is 2.17 bits per heavy atom. The summed E-state index contributed by atoms with van der Waals surface area (Å²) in [6, 6.07) is 13.7. The predicted molar refractivity (Wildman–Crippen MR) is 94.4 cm³/mol. The highest BCUT2D eigenvalue weighted by Gasteiger charge is 2.21. The van der Waals surface area contributed by atoms with Crippen LogP contribution in [0.5, 0.6) is 5.75 Å². The lowest BCUT2D eigenvalue weighted by molar-refractivity contribution is -0.123. The van der Waals surface area contributed by atoms with E-state index in [-0.39, 0.29) is 18.6 Å². The molecular weight excluding hydrogens is 330 g/mol. The Morgan fingerprint density at radius 1 is 1.35 bits per heavy atom. The summed E-state index contributed by atoms with van der Waals surface area (Å²) in [6.45, 7) is 1.92. The molecule has 1 heterocycles. The van der Waals surface area contributed by atoms with E-state index in [1.165, 1.54) is 10.5 Å². The van der Waals surface area contributed by atoms with Gasteiger partial charge in [0.15, 0.2) is 6.61 Å². The van der Waals surface area contributed by atoms with E-state index in [0.717, 1.165) is 17.7 Å². The molecule has 1 aliphatic heterocycles. The normalized spacial score (nSPS) is 16.5. The molecule has 23 heavy (non-hydrogen) atoms. The third kappa shape index (κ3) is 4.01. The van der Waals surface area contributed by atoms with Crippen LogP contribution in [0.25, 0.3) is 0 Å². The van der Waals surface area contributed by atoms with E-state index in [2.05, 4.69) is 17.4 Å². The molecule has 2 aromatic carbocycles. The van der Waals surface area contributed by atoms with Gasteiger partial charge in [-0.3, -0.25) is 4.79 Å². The van der Waals surface area contributed by atoms with Gasteiger partial charge in [0.25, 0.3) is 5.91 Å². The average Bonchev–Trinajstić information content (AvgIpc) is 2.56. The van der Waals surface area contributed by atoms with Crippen molar-refractivity contribution in [2.24, 2.45) is 0 Å². The topological polar surface area (TPSA) is 38.3 Å². The molecular formula is C18H18ClNO2S. The first kappa shape index (κ1) is 16.2. The summed E-state index contributed by atoms with van der Waals surface area (Å²) >= 11 is 7.82. The van der Waals surface area contributed by atoms with Crippen molar-refractivity contribution in [3.05, 3.63) is 58.6 Å². The fourth-order valence-electron chi connectivity index (χ4n) is 2.58. The number of aryl methyl sites for hydroxylation is 1. The molecule has 1 N–H and O–H groups in total. The van der Waals surface area contributed by atoms with Crippen molar-refractivity contribution in [1.82, 2.24) is 5.32 Å². The molecule has 0 aliphatic carbocycles. The van der Waals surface area contributed by atoms with Gasteiger partial charge in [0.1, 0.15) is 5.75 Å². The fraction of sp³-hybridized carbons (Fsp3) is 0.278. The van der Waals surface area contributed by atoms with Gasteiger partial charge >= 0.3 is 0 Å². The molecule has 0 aromatic heterocycles. The van der Waals surface area contributed by atoms with Crippen molar-refractivity contribution in [3.8, 4) is 5.75 Å². The lowest BCUT2D eigenvalue weighted by atomic mass is 10.0. The number of halogens is 1. The number of nitrogens with one attached hydrogen (secondary N) is 1. The number of rotatable bonds is 4. The zero-order valence-electron chi connectivity index (χ0n) is 12.8. The van der Waals surface area contributed by atoms with E-state index < -0.39 is 0 Å². The van der Waals surface area contributed by atoms with Crippen molar-refractivity contribution in [3.63, 3.8) is 0 Å². The molecule has 3 nitrogen and oxygen atoms in total. The number of ether oxygens (including phenoxy) is 1. The maximum atomic E-state index is 12.2. The summed E-state index contributed by atoms with van der Waals surface area (Å²) < 4.78 is 5.56. The average molecular weight is 348 g/mol. The van der Waals surface area contributed by atoms with Crippen molar-refractivity contribution in [2.45, 2.75) is 24.3 Å². The van der Waals surface area contributed by atoms with Crippen LogP contribution in [0.1, 0.15) is 23.6 Å². The van der Waals surface area contributed by atoms with E-state index in [1.807, 2.05) is 36.9 Å². The second-order valence-corrected chi connectivity index (χ2v) is 7.04. The number of amides is 1. The number of carbonyl (C=O) groups is 1. The number of thioether (sulfide) groups is 1. The molecule has 0 saturated carbocycles. The lowest BCUT2D eigenvalue weighted by Gasteiger charge is -2.25. The molecule has 1 amide bonds. The third-order valence-electron chi connectivity index (χ3n) is 3.79. The largest absolute Gasteiger partial charge is 0.484 e. The first-order valence-electron chi connectivity index (χ1n) is 7.53. The van der Waals surface area contributed by atoms with Crippen molar-refractivity contribution in [1.29, 1.82) is 0 Å². The summed E-state index contributed by atoms with van der Waals surface area (Å²) in [6.07, 6.45) is 0.938. The quantitative estimate of drug-likeness (QED) is 0.891. The van der Waals surface area contributed by atoms with Gasteiger partial charge in [-0.2, -0.15) is 0 Å². The number of hydrogen-bond donors (Lipinski definition) is 1. The molecule has 2 aromatic rings. The second kappa shape index (κ2) is 7.28. The van der Waals surface area contributed by atoms with Gasteiger partial charge in [-0.05, 0) is 48.7 Å². The van der Waals surface area contributed by atoms with Crippen LogP contribution >= 0.6 is 23.4 Å². The Balaban J connectivity index is 1.59. The monoisotopic (exact) mass is 347 g/mol. The van der Waals surface area contributed by atoms with Gasteiger partial charge in [-0.25, -0.2) is 0 Å². The van der Waals surface area contributed by atoms with Crippen molar-refractivity contribution < 1.29 is 9.53 Å². The number of hydrogen-bond acceptors (Lipinski definition) is 3. The van der Waals surface area contributed by atoms with Crippen LogP contribution in [-0.2, 0) is 4.79 Å². The van der Waals surface area contributed by atoms with E-state index >= 15 is 0 Å². The molecule has 0 unspecified atom stereocenters. The van der Waals surface area contributed by atoms with E-state index in [1.54, 1.807) is 12.1 Å². The SMILES string of the molecule is Cc1cc(OCC(=O)N[C@H]2CCSc3ccccc32)ccc1Cl. The highest BCUT2D eigenvalue weighted by molar-refractivity contribution is 7.99. The minimum atomic E-state index is -0.107. The molecule has 0 spiro atoms. The van der Waals surface area contributed by atoms with E-state index in [4.69, 9.17) is 16.3 Å². The van der Waals surface area contributed by atoms with Crippen LogP contribution in [0.4, 0.5) is 0 Å². The third-order valence-corrected chi connectivity index (χ3v) is 5.34. The molecule has 0 saturated heterocycles. The highest BCUT2D eigenvalue weighted by atomic mass is 35.5. The minimum Gasteiger partial charge on any atom is -0.484 e. The summed E-state index contributed by atoms with van der Waals surface area (Å²) in [7, 11) is 0. The van der Waals surface area contributed by atoms with Gasteiger partial charge in [-0.1, -0.05) is 29.8 Å². The molecule has 0 bridgehead atoms. The fourth-order valence-corrected chi connectivity index (χ4v) is 3.83. The van der Waals surface area contributed by atoms with Gasteiger partial charge in [0.05, 0.1) is 6.04 Å². The van der Waals surface area contributed by atoms with Crippen molar-refractivity contribution in [2.75, 3.05) is 12.4 Å². The Morgan fingerprint density at radius 3 is 3.00 bits per heavy atom. The zero-order valence-corrected chi connectivity index (χ0v) is 14.4. The Bertz CT molecular complexity index is 720. The Labute approximate surface area is 145 Å². The van der Waals surface area contributed by atoms with Crippen molar-refractivity contribution >= 4 is 29.3 Å². The van der Waals surface area contributed by atoms with Crippen LogP contribution < -0.4 is 10.1 Å². The van der Waals surface area contributed by atoms with Crippen LogP contribution in [0.15, 0.2) is 47.4 Å². The maximum absolute atomic E-state index is 12.2. The zero-order chi connectivity index (χ0) is 16.2. The van der Waals surface area contributed by atoms with Crippen LogP contribution in [-0.4, -0.2) is 18.3 Å².